The van der Waals surface area contributed by atoms with Crippen LogP contribution in [0.25, 0.3) is 44.5 Å². The highest BCUT2D eigenvalue weighted by Gasteiger charge is 2.40. The average molecular weight is 793 g/mol. The number of carbonyl (C=O) groups is 3. The third-order valence-electron chi connectivity index (χ3n) is 11.0. The lowest BCUT2D eigenvalue weighted by atomic mass is 9.96. The van der Waals surface area contributed by atoms with Crippen LogP contribution in [0.1, 0.15) is 77.6 Å². The number of likely N-dealkylation sites (N-methyl/N-ethyl adjacent to an activating group) is 1. The summed E-state index contributed by atoms with van der Waals surface area (Å²) in [6.07, 6.45) is 2.30. The summed E-state index contributed by atoms with van der Waals surface area (Å²) in [4.78, 5) is 58.8. The van der Waals surface area contributed by atoms with E-state index in [-0.39, 0.29) is 35.7 Å². The Labute approximate surface area is 339 Å². The van der Waals surface area contributed by atoms with Crippen molar-refractivity contribution in [2.75, 3.05) is 27.8 Å². The summed E-state index contributed by atoms with van der Waals surface area (Å²) in [5, 5.41) is 15.6. The van der Waals surface area contributed by atoms with E-state index in [4.69, 9.17) is 19.4 Å². The molecule has 0 spiro atoms. The zero-order valence-electron chi connectivity index (χ0n) is 34.6. The lowest BCUT2D eigenvalue weighted by Crippen LogP contribution is -2.56. The van der Waals surface area contributed by atoms with E-state index in [9.17, 15) is 19.5 Å². The van der Waals surface area contributed by atoms with Gasteiger partial charge in [-0.15, -0.1) is 0 Å². The first-order valence-corrected chi connectivity index (χ1v) is 20.0. The maximum Gasteiger partial charge on any atom is 0.407 e. The van der Waals surface area contributed by atoms with Crippen molar-refractivity contribution in [1.82, 2.24) is 40.4 Å². The van der Waals surface area contributed by atoms with Crippen molar-refractivity contribution < 1.29 is 29.0 Å². The van der Waals surface area contributed by atoms with Crippen LogP contribution in [0.4, 0.5) is 4.79 Å². The molecule has 5 N–H and O–H groups in total. The normalized spacial score (nSPS) is 16.2. The average Bonchev–Trinajstić information content (AvgIpc) is 3.87. The Morgan fingerprint density at radius 1 is 0.897 bits per heavy atom. The molecule has 1 saturated heterocycles. The summed E-state index contributed by atoms with van der Waals surface area (Å²) in [6.45, 7) is 10.3. The van der Waals surface area contributed by atoms with Crippen LogP contribution in [-0.2, 0) is 19.1 Å². The number of methoxy groups -OCH3 is 2. The third kappa shape index (κ3) is 9.09. The molecule has 6 rings (SSSR count). The van der Waals surface area contributed by atoms with Gasteiger partial charge in [-0.3, -0.25) is 14.9 Å². The maximum atomic E-state index is 13.6. The molecule has 2 aromatic heterocycles. The van der Waals surface area contributed by atoms with Gasteiger partial charge < -0.3 is 39.7 Å². The van der Waals surface area contributed by atoms with Gasteiger partial charge in [0.2, 0.25) is 18.2 Å². The Morgan fingerprint density at radius 2 is 1.50 bits per heavy atom. The summed E-state index contributed by atoms with van der Waals surface area (Å²) >= 11 is 0. The van der Waals surface area contributed by atoms with E-state index in [0.717, 1.165) is 69.6 Å². The molecule has 3 heterocycles. The van der Waals surface area contributed by atoms with E-state index in [1.54, 1.807) is 16.8 Å². The number of amides is 3. The quantitative estimate of drug-likeness (QED) is 0.0675. The molecule has 5 aromatic rings. The fourth-order valence-electron chi connectivity index (χ4n) is 7.46. The molecule has 1 fully saturated rings. The van der Waals surface area contributed by atoms with Crippen LogP contribution in [0.2, 0.25) is 0 Å². The summed E-state index contributed by atoms with van der Waals surface area (Å²) in [5.41, 5.74) is 7.81. The van der Waals surface area contributed by atoms with Crippen molar-refractivity contribution in [3.8, 4) is 33.5 Å². The van der Waals surface area contributed by atoms with Gasteiger partial charge in [0.15, 0.2) is 0 Å². The number of nitrogens with one attached hydrogen (secondary N) is 4. The van der Waals surface area contributed by atoms with Crippen LogP contribution in [0.5, 0.6) is 0 Å². The molecule has 14 heteroatoms. The number of carbonyl (C=O) groups excluding carboxylic acids is 3. The first-order chi connectivity index (χ1) is 27.8. The number of aromatic nitrogens is 4. The standard InChI is InChI=1S/C44H56N8O6/c1-9-10-35(51(6)41(53)37(25(2)3)49-43(55)57-7)39-45-24-34(48-39)30-17-15-28(16-18-30)27-11-13-29(14-12-27)31-19-20-32-33(23-31)47-40(46-32)36-21-22-52(36)42(54)38(26(4)5)50-44(56)58-8/h11-20,23-26,35-38,43,49,55H,9-10,21-22H2,1-8H3,(H,45,48)(H,46,47)(H,50,56)/t35-,36-,37-,38-,43?/m0/s1. The van der Waals surface area contributed by atoms with Gasteiger partial charge in [0, 0.05) is 20.7 Å². The minimum atomic E-state index is -1.24. The highest BCUT2D eigenvalue weighted by molar-refractivity contribution is 5.87. The van der Waals surface area contributed by atoms with Gasteiger partial charge in [0.05, 0.1) is 48.2 Å². The maximum absolute atomic E-state index is 13.6. The van der Waals surface area contributed by atoms with E-state index in [1.807, 2.05) is 40.0 Å². The Balaban J connectivity index is 1.12. The molecule has 1 aliphatic rings. The van der Waals surface area contributed by atoms with Gasteiger partial charge in [-0.1, -0.05) is 95.6 Å². The predicted molar refractivity (Wildman–Crippen MR) is 223 cm³/mol. The number of imidazole rings is 2. The number of aromatic amines is 2. The van der Waals surface area contributed by atoms with Crippen molar-refractivity contribution in [3.63, 3.8) is 0 Å². The van der Waals surface area contributed by atoms with Crippen molar-refractivity contribution in [3.05, 3.63) is 84.6 Å². The Morgan fingerprint density at radius 3 is 2.05 bits per heavy atom. The number of hydrogen-bond acceptors (Lipinski definition) is 9. The second-order valence-corrected chi connectivity index (χ2v) is 15.6. The van der Waals surface area contributed by atoms with Gasteiger partial charge in [0.1, 0.15) is 17.7 Å². The Kier molecular flexibility index (Phi) is 13.3. The number of hydrogen-bond donors (Lipinski definition) is 5. The van der Waals surface area contributed by atoms with Crippen molar-refractivity contribution in [2.24, 2.45) is 11.8 Å². The van der Waals surface area contributed by atoms with Gasteiger partial charge >= 0.3 is 6.09 Å². The third-order valence-corrected chi connectivity index (χ3v) is 11.0. The van der Waals surface area contributed by atoms with Crippen molar-refractivity contribution in [2.45, 2.75) is 84.5 Å². The van der Waals surface area contributed by atoms with E-state index in [2.05, 4.69) is 88.2 Å². The highest BCUT2D eigenvalue weighted by Crippen LogP contribution is 2.35. The molecular weight excluding hydrogens is 737 g/mol. The van der Waals surface area contributed by atoms with Gasteiger partial charge in [-0.25, -0.2) is 14.8 Å². The second kappa shape index (κ2) is 18.3. The first kappa shape index (κ1) is 42.0. The van der Waals surface area contributed by atoms with E-state index in [0.29, 0.717) is 12.4 Å². The van der Waals surface area contributed by atoms with Gasteiger partial charge in [-0.05, 0) is 64.6 Å². The van der Waals surface area contributed by atoms with Gasteiger partial charge in [0.25, 0.3) is 0 Å². The second-order valence-electron chi connectivity index (χ2n) is 15.6. The van der Waals surface area contributed by atoms with Gasteiger partial charge in [-0.2, -0.15) is 0 Å². The zero-order valence-corrected chi connectivity index (χ0v) is 34.6. The number of H-pyrrole nitrogens is 2. The van der Waals surface area contributed by atoms with E-state index >= 15 is 0 Å². The number of alkyl carbamates (subject to hydrolysis) is 1. The minimum Gasteiger partial charge on any atom is -0.453 e. The van der Waals surface area contributed by atoms with E-state index < -0.39 is 24.6 Å². The lowest BCUT2D eigenvalue weighted by Gasteiger charge is -2.42. The summed E-state index contributed by atoms with van der Waals surface area (Å²) < 4.78 is 9.69. The zero-order chi connectivity index (χ0) is 41.7. The molecule has 0 bridgehead atoms. The summed E-state index contributed by atoms with van der Waals surface area (Å²) in [5.74, 6) is 0.970. The SMILES string of the molecule is CCC[C@@H](c1ncc(-c2ccc(-c3ccc(-c4ccc5nc([C@@H]6CCN6C(=O)[C@@H](NC(=O)OC)C(C)C)[nH]c5c4)cc3)cc2)[nH]1)N(C)C(=O)[C@@H](NC(O)OC)C(C)C. The Bertz CT molecular complexity index is 2180. The van der Waals surface area contributed by atoms with Crippen LogP contribution < -0.4 is 10.6 Å². The van der Waals surface area contributed by atoms with Crippen LogP contribution in [-0.4, -0.2) is 99.1 Å². The number of fused-ring (bicyclic) bond motifs is 1. The lowest BCUT2D eigenvalue weighted by molar-refractivity contribution is -0.145. The molecule has 1 unspecified atom stereocenters. The molecule has 0 radical (unpaired) electrons. The number of ether oxygens (including phenoxy) is 2. The minimum absolute atomic E-state index is 0.0716. The molecule has 0 saturated carbocycles. The summed E-state index contributed by atoms with van der Waals surface area (Å²) in [7, 11) is 4.45. The predicted octanol–water partition coefficient (Wildman–Crippen LogP) is 6.78. The molecule has 3 aromatic carbocycles. The molecule has 0 aliphatic carbocycles. The fraction of sp³-hybridized carbons (Fsp3) is 0.432. The number of benzene rings is 3. The van der Waals surface area contributed by atoms with Crippen molar-refractivity contribution in [1.29, 1.82) is 0 Å². The smallest absolute Gasteiger partial charge is 0.407 e. The number of aliphatic hydroxyl groups excluding tert-OH is 1. The Hall–Kier alpha value is -5.57. The number of nitrogens with zero attached hydrogens (tertiary/aromatic N) is 4. The topological polar surface area (TPSA) is 178 Å². The van der Waals surface area contributed by atoms with Crippen LogP contribution >= 0.6 is 0 Å². The first-order valence-electron chi connectivity index (χ1n) is 20.0. The van der Waals surface area contributed by atoms with Crippen molar-refractivity contribution >= 4 is 28.9 Å². The number of aliphatic hydroxyl groups is 1. The number of likely N-dealkylation sites (tertiary alicyclic amines) is 1. The summed E-state index contributed by atoms with van der Waals surface area (Å²) in [6, 6.07) is 21.1. The monoisotopic (exact) mass is 792 g/mol. The van der Waals surface area contributed by atoms with Crippen LogP contribution in [0.3, 0.4) is 0 Å². The fourth-order valence-corrected chi connectivity index (χ4v) is 7.46. The van der Waals surface area contributed by atoms with Crippen LogP contribution in [0.15, 0.2) is 72.9 Å². The number of rotatable bonds is 16. The highest BCUT2D eigenvalue weighted by atomic mass is 16.6. The molecule has 5 atom stereocenters. The van der Waals surface area contributed by atoms with E-state index in [1.165, 1.54) is 14.2 Å². The largest absolute Gasteiger partial charge is 0.453 e. The molecule has 1 aliphatic heterocycles. The van der Waals surface area contributed by atoms with Crippen LogP contribution in [0, 0.1) is 11.8 Å². The molecule has 58 heavy (non-hydrogen) atoms. The molecule has 308 valence electrons. The molecular formula is C44H56N8O6. The molecule has 3 amide bonds. The molecule has 14 nitrogen and oxygen atoms in total.